The number of alkyl halides is 3. The molecule has 0 amide bonds. The third kappa shape index (κ3) is 10.4. The van der Waals surface area contributed by atoms with Gasteiger partial charge in [0.1, 0.15) is 6.61 Å². The molecular formula is C22H35F3IN3O2. The van der Waals surface area contributed by atoms with Crippen LogP contribution in [-0.2, 0) is 22.6 Å². The molecule has 1 fully saturated rings. The van der Waals surface area contributed by atoms with E-state index in [1.165, 1.54) is 0 Å². The fourth-order valence-electron chi connectivity index (χ4n) is 3.68. The molecular weight excluding hydrogens is 522 g/mol. The molecule has 5 nitrogen and oxygen atoms in total. The van der Waals surface area contributed by atoms with E-state index in [0.717, 1.165) is 31.6 Å². The Hall–Kier alpha value is -1.07. The Morgan fingerprint density at radius 2 is 1.77 bits per heavy atom. The highest BCUT2D eigenvalue weighted by molar-refractivity contribution is 14.0. The minimum atomic E-state index is -4.30. The Morgan fingerprint density at radius 1 is 1.13 bits per heavy atom. The average molecular weight is 557 g/mol. The van der Waals surface area contributed by atoms with E-state index >= 15 is 0 Å². The van der Waals surface area contributed by atoms with Gasteiger partial charge in [0.25, 0.3) is 0 Å². The van der Waals surface area contributed by atoms with E-state index in [1.54, 1.807) is 19.2 Å². The summed E-state index contributed by atoms with van der Waals surface area (Å²) in [6, 6.07) is 7.29. The van der Waals surface area contributed by atoms with Gasteiger partial charge in [0.2, 0.25) is 0 Å². The van der Waals surface area contributed by atoms with E-state index in [-0.39, 0.29) is 42.1 Å². The molecule has 2 atom stereocenters. The smallest absolute Gasteiger partial charge is 0.377 e. The molecule has 1 aromatic carbocycles. The van der Waals surface area contributed by atoms with Crippen LogP contribution >= 0.6 is 24.0 Å². The zero-order valence-electron chi connectivity index (χ0n) is 18.7. The quantitative estimate of drug-likeness (QED) is 0.285. The number of rotatable bonds is 7. The van der Waals surface area contributed by atoms with Crippen LogP contribution in [0, 0.1) is 11.3 Å². The summed E-state index contributed by atoms with van der Waals surface area (Å²) < 4.78 is 47.1. The maximum absolute atomic E-state index is 12.1. The van der Waals surface area contributed by atoms with Crippen LogP contribution in [0.4, 0.5) is 13.2 Å². The van der Waals surface area contributed by atoms with Gasteiger partial charge in [-0.1, -0.05) is 45.0 Å². The van der Waals surface area contributed by atoms with E-state index in [1.807, 2.05) is 12.1 Å². The lowest BCUT2D eigenvalue weighted by Crippen LogP contribution is -2.47. The Morgan fingerprint density at radius 3 is 2.35 bits per heavy atom. The van der Waals surface area contributed by atoms with Gasteiger partial charge in [0.05, 0.1) is 12.7 Å². The van der Waals surface area contributed by atoms with Gasteiger partial charge < -0.3 is 20.1 Å². The van der Waals surface area contributed by atoms with Gasteiger partial charge in [0.15, 0.2) is 5.96 Å². The second-order valence-electron chi connectivity index (χ2n) is 8.79. The first-order valence-corrected chi connectivity index (χ1v) is 10.4. The monoisotopic (exact) mass is 557 g/mol. The van der Waals surface area contributed by atoms with Crippen molar-refractivity contribution in [1.29, 1.82) is 0 Å². The van der Waals surface area contributed by atoms with Gasteiger partial charge >= 0.3 is 6.18 Å². The van der Waals surface area contributed by atoms with Crippen molar-refractivity contribution < 1.29 is 22.6 Å². The highest BCUT2D eigenvalue weighted by Gasteiger charge is 2.35. The second kappa shape index (κ2) is 12.8. The standard InChI is InChI=1S/C22H34F3N3O2.HI/c1-21(2,3)19-18(6-5-11-30-19)13-28-20(26-4)27-12-16-7-9-17(10-8-16)14-29-15-22(23,24)25;/h7-10,18-19H,5-6,11-15H2,1-4H3,(H2,26,27,28);1H. The first-order chi connectivity index (χ1) is 14.1. The maximum atomic E-state index is 12.1. The number of halogens is 4. The molecule has 31 heavy (non-hydrogen) atoms. The van der Waals surface area contributed by atoms with E-state index in [2.05, 4.69) is 41.1 Å². The molecule has 0 saturated carbocycles. The molecule has 1 aliphatic heterocycles. The first kappa shape index (κ1) is 28.0. The highest BCUT2D eigenvalue weighted by Crippen LogP contribution is 2.33. The lowest BCUT2D eigenvalue weighted by Gasteiger charge is -2.40. The topological polar surface area (TPSA) is 54.9 Å². The summed E-state index contributed by atoms with van der Waals surface area (Å²) in [6.45, 7) is 7.50. The lowest BCUT2D eigenvalue weighted by atomic mass is 9.78. The average Bonchev–Trinajstić information content (AvgIpc) is 2.68. The van der Waals surface area contributed by atoms with Crippen molar-refractivity contribution in [3.63, 3.8) is 0 Å². The molecule has 1 aliphatic rings. The molecule has 2 N–H and O–H groups in total. The van der Waals surface area contributed by atoms with E-state index in [9.17, 15) is 13.2 Å². The zero-order valence-corrected chi connectivity index (χ0v) is 21.1. The van der Waals surface area contributed by atoms with Crippen molar-refractivity contribution in [2.45, 2.75) is 59.0 Å². The molecule has 2 rings (SSSR count). The van der Waals surface area contributed by atoms with Crippen LogP contribution in [0.1, 0.15) is 44.7 Å². The molecule has 0 spiro atoms. The zero-order chi connectivity index (χ0) is 22.2. The number of nitrogens with one attached hydrogen (secondary N) is 2. The van der Waals surface area contributed by atoms with E-state index < -0.39 is 12.8 Å². The van der Waals surface area contributed by atoms with Gasteiger partial charge in [-0.05, 0) is 29.4 Å². The largest absolute Gasteiger partial charge is 0.411 e. The summed E-state index contributed by atoms with van der Waals surface area (Å²) in [5, 5.41) is 6.68. The van der Waals surface area contributed by atoms with Gasteiger partial charge in [-0.25, -0.2) is 0 Å². The summed E-state index contributed by atoms with van der Waals surface area (Å²) in [7, 11) is 1.73. The minimum absolute atomic E-state index is 0. The minimum Gasteiger partial charge on any atom is -0.377 e. The van der Waals surface area contributed by atoms with Crippen molar-refractivity contribution in [2.24, 2.45) is 16.3 Å². The van der Waals surface area contributed by atoms with Crippen molar-refractivity contribution in [2.75, 3.05) is 26.8 Å². The predicted molar refractivity (Wildman–Crippen MR) is 128 cm³/mol. The first-order valence-electron chi connectivity index (χ1n) is 10.4. The van der Waals surface area contributed by atoms with Crippen LogP contribution in [-0.4, -0.2) is 45.0 Å². The molecule has 2 unspecified atom stereocenters. The molecule has 178 valence electrons. The van der Waals surface area contributed by atoms with Crippen LogP contribution in [0.3, 0.4) is 0 Å². The van der Waals surface area contributed by atoms with Crippen molar-refractivity contribution in [3.8, 4) is 0 Å². The van der Waals surface area contributed by atoms with Crippen LogP contribution in [0.15, 0.2) is 29.3 Å². The van der Waals surface area contributed by atoms with Crippen molar-refractivity contribution >= 4 is 29.9 Å². The molecule has 1 saturated heterocycles. The Balaban J connectivity index is 0.00000480. The van der Waals surface area contributed by atoms with Crippen molar-refractivity contribution in [1.82, 2.24) is 10.6 Å². The number of benzene rings is 1. The van der Waals surface area contributed by atoms with Gasteiger partial charge in [-0.3, -0.25) is 4.99 Å². The molecule has 0 aromatic heterocycles. The van der Waals surface area contributed by atoms with Crippen LogP contribution in [0.25, 0.3) is 0 Å². The number of hydrogen-bond acceptors (Lipinski definition) is 3. The Labute approximate surface area is 200 Å². The van der Waals surface area contributed by atoms with Crippen molar-refractivity contribution in [3.05, 3.63) is 35.4 Å². The number of aliphatic imine (C=N–C) groups is 1. The summed E-state index contributed by atoms with van der Waals surface area (Å²) in [4.78, 5) is 4.28. The summed E-state index contributed by atoms with van der Waals surface area (Å²) in [5.74, 6) is 1.14. The number of hydrogen-bond donors (Lipinski definition) is 2. The predicted octanol–water partition coefficient (Wildman–Crippen LogP) is 4.89. The highest BCUT2D eigenvalue weighted by atomic mass is 127. The van der Waals surface area contributed by atoms with E-state index in [4.69, 9.17) is 4.74 Å². The molecule has 0 radical (unpaired) electrons. The van der Waals surface area contributed by atoms with Crippen LogP contribution in [0.5, 0.6) is 0 Å². The normalized spacial score (nSPS) is 20.2. The Bertz CT molecular complexity index is 676. The molecule has 0 bridgehead atoms. The Kier molecular flexibility index (Phi) is 11.6. The molecule has 9 heteroatoms. The maximum Gasteiger partial charge on any atom is 0.411 e. The summed E-state index contributed by atoms with van der Waals surface area (Å²) in [6.07, 6.45) is -1.89. The third-order valence-electron chi connectivity index (χ3n) is 5.07. The van der Waals surface area contributed by atoms with E-state index in [0.29, 0.717) is 24.0 Å². The number of guanidine groups is 1. The molecule has 1 heterocycles. The fraction of sp³-hybridized carbons (Fsp3) is 0.682. The summed E-state index contributed by atoms with van der Waals surface area (Å²) in [5.41, 5.74) is 1.80. The fourth-order valence-corrected chi connectivity index (χ4v) is 3.68. The SMILES string of the molecule is CN=C(NCc1ccc(COCC(F)(F)F)cc1)NCC1CCCOC1C(C)(C)C.I. The second-order valence-corrected chi connectivity index (χ2v) is 8.79. The number of ether oxygens (including phenoxy) is 2. The molecule has 0 aliphatic carbocycles. The van der Waals surface area contributed by atoms with Gasteiger partial charge in [0, 0.05) is 32.7 Å². The third-order valence-corrected chi connectivity index (χ3v) is 5.07. The van der Waals surface area contributed by atoms with Gasteiger partial charge in [-0.2, -0.15) is 13.2 Å². The number of nitrogens with zero attached hydrogens (tertiary/aromatic N) is 1. The molecule has 1 aromatic rings. The summed E-state index contributed by atoms with van der Waals surface area (Å²) >= 11 is 0. The van der Waals surface area contributed by atoms with Crippen LogP contribution in [0.2, 0.25) is 0 Å². The van der Waals surface area contributed by atoms with Gasteiger partial charge in [-0.15, -0.1) is 24.0 Å². The van der Waals surface area contributed by atoms with Crippen LogP contribution < -0.4 is 10.6 Å². The lowest BCUT2D eigenvalue weighted by molar-refractivity contribution is -0.176.